The molecule has 1 atom stereocenters. The van der Waals surface area contributed by atoms with Crippen molar-refractivity contribution in [2.45, 2.75) is 23.7 Å². The second-order valence-corrected chi connectivity index (χ2v) is 6.89. The number of nitrogens with zero attached hydrogens (tertiary/aromatic N) is 2. The lowest BCUT2D eigenvalue weighted by molar-refractivity contribution is 0.189. The summed E-state index contributed by atoms with van der Waals surface area (Å²) in [6.45, 7) is 2.12. The topological polar surface area (TPSA) is 96.5 Å². The van der Waals surface area contributed by atoms with E-state index in [0.717, 1.165) is 11.3 Å². The summed E-state index contributed by atoms with van der Waals surface area (Å²) in [7, 11) is -3.53. The fraction of sp³-hybridized carbons (Fsp3) is 0.625. The summed E-state index contributed by atoms with van der Waals surface area (Å²) in [4.78, 5) is 3.90. The maximum Gasteiger partial charge on any atom is 0.254 e. The molecule has 1 aliphatic heterocycles. The van der Waals surface area contributed by atoms with Crippen LogP contribution in [0.5, 0.6) is 0 Å². The summed E-state index contributed by atoms with van der Waals surface area (Å²) in [5.74, 6) is 0. The Kier molecular flexibility index (Phi) is 2.91. The molecular formula is C8H13N3O3S2. The lowest BCUT2D eigenvalue weighted by Crippen LogP contribution is -2.29. The third-order valence-corrected chi connectivity index (χ3v) is 5.91. The van der Waals surface area contributed by atoms with E-state index >= 15 is 0 Å². The van der Waals surface area contributed by atoms with Crippen LogP contribution in [0.25, 0.3) is 0 Å². The Labute approximate surface area is 97.8 Å². The first-order chi connectivity index (χ1) is 7.41. The molecule has 0 spiro atoms. The monoisotopic (exact) mass is 263 g/mol. The normalized spacial score (nSPS) is 22.8. The summed E-state index contributed by atoms with van der Waals surface area (Å²) in [6, 6.07) is 0. The summed E-state index contributed by atoms with van der Waals surface area (Å²) < 4.78 is 25.7. The molecule has 0 bridgehead atoms. The van der Waals surface area contributed by atoms with Gasteiger partial charge in [0.15, 0.2) is 9.34 Å². The molecular weight excluding hydrogens is 250 g/mol. The second-order valence-electron chi connectivity index (χ2n) is 3.73. The minimum Gasteiger partial charge on any atom is -0.392 e. The Morgan fingerprint density at radius 1 is 1.62 bits per heavy atom. The summed E-state index contributed by atoms with van der Waals surface area (Å²) in [6.07, 6.45) is -0.0904. The van der Waals surface area contributed by atoms with E-state index in [0.29, 0.717) is 18.7 Å². The number of aryl methyl sites for hydroxylation is 1. The number of sulfonamides is 1. The van der Waals surface area contributed by atoms with Gasteiger partial charge in [-0.1, -0.05) is 11.3 Å². The number of anilines is 1. The van der Waals surface area contributed by atoms with Gasteiger partial charge in [-0.25, -0.2) is 13.4 Å². The van der Waals surface area contributed by atoms with Crippen LogP contribution < -0.4 is 5.73 Å². The van der Waals surface area contributed by atoms with Crippen molar-refractivity contribution >= 4 is 26.5 Å². The quantitative estimate of drug-likeness (QED) is 0.769. The zero-order valence-electron chi connectivity index (χ0n) is 8.75. The number of aliphatic hydroxyl groups is 1. The van der Waals surface area contributed by atoms with Crippen molar-refractivity contribution in [1.82, 2.24) is 9.29 Å². The van der Waals surface area contributed by atoms with E-state index in [1.165, 1.54) is 4.31 Å². The van der Waals surface area contributed by atoms with Crippen LogP contribution in [0.15, 0.2) is 4.21 Å². The van der Waals surface area contributed by atoms with E-state index in [-0.39, 0.29) is 15.9 Å². The number of aromatic nitrogens is 1. The van der Waals surface area contributed by atoms with Crippen molar-refractivity contribution in [3.63, 3.8) is 0 Å². The van der Waals surface area contributed by atoms with E-state index in [9.17, 15) is 13.5 Å². The highest BCUT2D eigenvalue weighted by Crippen LogP contribution is 2.29. The molecule has 1 aromatic rings. The summed E-state index contributed by atoms with van der Waals surface area (Å²) in [5, 5.41) is 9.59. The largest absolute Gasteiger partial charge is 0.392 e. The van der Waals surface area contributed by atoms with Crippen molar-refractivity contribution in [3.05, 3.63) is 5.69 Å². The van der Waals surface area contributed by atoms with Crippen molar-refractivity contribution < 1.29 is 13.5 Å². The zero-order chi connectivity index (χ0) is 11.9. The third kappa shape index (κ3) is 1.93. The van der Waals surface area contributed by atoms with Gasteiger partial charge in [-0.15, -0.1) is 0 Å². The molecule has 1 aliphatic rings. The number of hydrogen-bond donors (Lipinski definition) is 2. The van der Waals surface area contributed by atoms with Crippen LogP contribution in [0.4, 0.5) is 5.13 Å². The van der Waals surface area contributed by atoms with Gasteiger partial charge in [0.2, 0.25) is 0 Å². The van der Waals surface area contributed by atoms with Gasteiger partial charge in [0.25, 0.3) is 10.0 Å². The SMILES string of the molecule is Cc1nc(N)sc1S(=O)(=O)N1CCC(O)C1. The van der Waals surface area contributed by atoms with Crippen LogP contribution in [0.3, 0.4) is 0 Å². The molecule has 3 N–H and O–H groups in total. The molecule has 0 saturated carbocycles. The van der Waals surface area contributed by atoms with Crippen molar-refractivity contribution in [2.75, 3.05) is 18.8 Å². The van der Waals surface area contributed by atoms with E-state index in [1.54, 1.807) is 6.92 Å². The van der Waals surface area contributed by atoms with Gasteiger partial charge in [0.05, 0.1) is 11.8 Å². The van der Waals surface area contributed by atoms with Crippen LogP contribution in [0, 0.1) is 6.92 Å². The predicted octanol–water partition coefficient (Wildman–Crippen LogP) is -0.211. The second kappa shape index (κ2) is 3.95. The van der Waals surface area contributed by atoms with Crippen LogP contribution in [0.2, 0.25) is 0 Å². The fourth-order valence-electron chi connectivity index (χ4n) is 1.69. The number of nitrogens with two attached hydrogens (primary N) is 1. The van der Waals surface area contributed by atoms with Gasteiger partial charge >= 0.3 is 0 Å². The van der Waals surface area contributed by atoms with Crippen LogP contribution >= 0.6 is 11.3 Å². The van der Waals surface area contributed by atoms with Crippen LogP contribution in [-0.4, -0.2) is 42.0 Å². The number of rotatable bonds is 2. The molecule has 0 amide bonds. The highest BCUT2D eigenvalue weighted by atomic mass is 32.2. The van der Waals surface area contributed by atoms with E-state index in [4.69, 9.17) is 5.73 Å². The minimum atomic E-state index is -3.53. The number of nitrogen functional groups attached to an aromatic ring is 1. The van der Waals surface area contributed by atoms with Crippen molar-refractivity contribution in [3.8, 4) is 0 Å². The number of β-amino-alcohol motifs (C(OH)–C–C–N with tert-alkyl or cyclic N) is 1. The molecule has 6 nitrogen and oxygen atoms in total. The van der Waals surface area contributed by atoms with Crippen molar-refractivity contribution in [1.29, 1.82) is 0 Å². The first kappa shape index (κ1) is 11.8. The van der Waals surface area contributed by atoms with E-state index in [1.807, 2.05) is 0 Å². The van der Waals surface area contributed by atoms with E-state index in [2.05, 4.69) is 4.98 Å². The third-order valence-electron chi connectivity index (χ3n) is 2.47. The predicted molar refractivity (Wildman–Crippen MR) is 60.6 cm³/mol. The minimum absolute atomic E-state index is 0.152. The zero-order valence-corrected chi connectivity index (χ0v) is 10.4. The lowest BCUT2D eigenvalue weighted by atomic mass is 10.3. The molecule has 90 valence electrons. The first-order valence-electron chi connectivity index (χ1n) is 4.82. The lowest BCUT2D eigenvalue weighted by Gasteiger charge is -2.14. The number of hydrogen-bond acceptors (Lipinski definition) is 6. The van der Waals surface area contributed by atoms with Gasteiger partial charge in [0.1, 0.15) is 0 Å². The Morgan fingerprint density at radius 2 is 2.31 bits per heavy atom. The van der Waals surface area contributed by atoms with Gasteiger partial charge in [-0.05, 0) is 13.3 Å². The molecule has 1 aromatic heterocycles. The Morgan fingerprint density at radius 3 is 2.75 bits per heavy atom. The highest BCUT2D eigenvalue weighted by molar-refractivity contribution is 7.91. The Hall–Kier alpha value is -0.700. The first-order valence-corrected chi connectivity index (χ1v) is 7.08. The number of aliphatic hydroxyl groups excluding tert-OH is 1. The standard InChI is InChI=1S/C8H13N3O3S2/c1-5-7(15-8(9)10-5)16(13,14)11-3-2-6(12)4-11/h6,12H,2-4H2,1H3,(H2,9,10). The van der Waals surface area contributed by atoms with E-state index < -0.39 is 16.1 Å². The number of thiazole rings is 1. The molecule has 0 aliphatic carbocycles. The molecule has 0 radical (unpaired) electrons. The van der Waals surface area contributed by atoms with Crippen LogP contribution in [0.1, 0.15) is 12.1 Å². The molecule has 8 heteroatoms. The molecule has 1 fully saturated rings. The molecule has 2 rings (SSSR count). The van der Waals surface area contributed by atoms with Gasteiger partial charge < -0.3 is 10.8 Å². The highest BCUT2D eigenvalue weighted by Gasteiger charge is 2.34. The summed E-state index contributed by atoms with van der Waals surface area (Å²) in [5.41, 5.74) is 5.90. The fourth-order valence-corrected chi connectivity index (χ4v) is 4.62. The van der Waals surface area contributed by atoms with Crippen LogP contribution in [-0.2, 0) is 10.0 Å². The Bertz CT molecular complexity index is 497. The molecule has 2 heterocycles. The van der Waals surface area contributed by atoms with Crippen molar-refractivity contribution in [2.24, 2.45) is 0 Å². The smallest absolute Gasteiger partial charge is 0.254 e. The molecule has 16 heavy (non-hydrogen) atoms. The average Bonchev–Trinajstić information content (AvgIpc) is 2.73. The average molecular weight is 263 g/mol. The van der Waals surface area contributed by atoms with Gasteiger partial charge in [0, 0.05) is 13.1 Å². The summed E-state index contributed by atoms with van der Waals surface area (Å²) >= 11 is 0.965. The Balaban J connectivity index is 2.36. The van der Waals surface area contributed by atoms with Gasteiger partial charge in [-0.3, -0.25) is 0 Å². The maximum absolute atomic E-state index is 12.1. The molecule has 0 aromatic carbocycles. The van der Waals surface area contributed by atoms with Gasteiger partial charge in [-0.2, -0.15) is 4.31 Å². The molecule has 1 unspecified atom stereocenters. The maximum atomic E-state index is 12.1. The molecule has 1 saturated heterocycles.